The highest BCUT2D eigenvalue weighted by atomic mass is 35.5. The molecule has 2 amide bonds. The molecular weight excluding hydrogens is 573 g/mol. The first-order valence-corrected chi connectivity index (χ1v) is 13.5. The van der Waals surface area contributed by atoms with Crippen molar-refractivity contribution < 1.29 is 22.8 Å². The summed E-state index contributed by atoms with van der Waals surface area (Å²) in [4.78, 5) is 44.3. The van der Waals surface area contributed by atoms with Crippen molar-refractivity contribution in [3.8, 4) is 11.3 Å². The van der Waals surface area contributed by atoms with Gasteiger partial charge in [0.1, 0.15) is 5.69 Å². The number of alkyl halides is 2. The van der Waals surface area contributed by atoms with Crippen molar-refractivity contribution in [1.82, 2.24) is 29.7 Å². The van der Waals surface area contributed by atoms with Gasteiger partial charge in [0.15, 0.2) is 5.82 Å². The maximum Gasteiger partial charge on any atom is 0.276 e. The van der Waals surface area contributed by atoms with Gasteiger partial charge in [-0.05, 0) is 39.2 Å². The van der Waals surface area contributed by atoms with E-state index >= 15 is 0 Å². The molecular formula is C28H24ClF3N8O2. The molecule has 3 aromatic heterocycles. The molecule has 2 aliphatic rings. The predicted octanol–water partition coefficient (Wildman–Crippen LogP) is 5.32. The standard InChI is InChI=1S/C28H24ClF3N8O2/c1-12-19(8-34-28(37-12)39-10-15-6-18(15)27(39)42)14(3)40-11-16(7-35-40)38-26(41)24-13(2)36-21(9-33-24)22-17(25(31)32)4-5-20(29)23(22)30/h4-5,7-9,11,14-15,18,25H,6,10H2,1-3H3,(H,38,41)/t14?,15-,18-/m1/s1. The van der Waals surface area contributed by atoms with Crippen LogP contribution < -0.4 is 10.2 Å². The van der Waals surface area contributed by atoms with Gasteiger partial charge in [-0.15, -0.1) is 0 Å². The van der Waals surface area contributed by atoms with E-state index in [0.29, 0.717) is 29.8 Å². The molecule has 1 aromatic carbocycles. The van der Waals surface area contributed by atoms with E-state index in [1.54, 1.807) is 22.0 Å². The van der Waals surface area contributed by atoms with Gasteiger partial charge in [0.05, 0.1) is 40.5 Å². The van der Waals surface area contributed by atoms with Crippen LogP contribution in [0.2, 0.25) is 5.02 Å². The van der Waals surface area contributed by atoms with Gasteiger partial charge in [0, 0.05) is 47.2 Å². The van der Waals surface area contributed by atoms with Crippen LogP contribution in [0.5, 0.6) is 0 Å². The monoisotopic (exact) mass is 596 g/mol. The number of nitrogens with zero attached hydrogens (tertiary/aromatic N) is 7. The molecule has 3 atom stereocenters. The number of rotatable bonds is 7. The molecule has 14 heteroatoms. The van der Waals surface area contributed by atoms with Crippen LogP contribution >= 0.6 is 11.6 Å². The quantitative estimate of drug-likeness (QED) is 0.307. The van der Waals surface area contributed by atoms with Crippen LogP contribution in [0.1, 0.15) is 58.8 Å². The van der Waals surface area contributed by atoms with E-state index in [4.69, 9.17) is 11.6 Å². The van der Waals surface area contributed by atoms with Crippen molar-refractivity contribution in [3.05, 3.63) is 76.0 Å². The number of hydrogen-bond acceptors (Lipinski definition) is 7. The summed E-state index contributed by atoms with van der Waals surface area (Å²) in [5.41, 5.74) is 0.684. The first-order chi connectivity index (χ1) is 20.0. The molecule has 0 bridgehead atoms. The van der Waals surface area contributed by atoms with Crippen molar-refractivity contribution in [2.45, 2.75) is 39.7 Å². The first kappa shape index (κ1) is 27.8. The zero-order chi connectivity index (χ0) is 29.9. The fourth-order valence-corrected chi connectivity index (χ4v) is 5.40. The first-order valence-electron chi connectivity index (χ1n) is 13.1. The van der Waals surface area contributed by atoms with Crippen LogP contribution in [0.4, 0.5) is 24.8 Å². The largest absolute Gasteiger partial charge is 0.318 e. The molecule has 216 valence electrons. The third-order valence-corrected chi connectivity index (χ3v) is 7.95. The van der Waals surface area contributed by atoms with E-state index in [2.05, 4.69) is 30.4 Å². The second kappa shape index (κ2) is 10.5. The molecule has 6 rings (SSSR count). The van der Waals surface area contributed by atoms with E-state index in [1.165, 1.54) is 13.1 Å². The Morgan fingerprint density at radius 1 is 1.10 bits per heavy atom. The Bertz CT molecular complexity index is 1750. The van der Waals surface area contributed by atoms with Crippen LogP contribution in [0.15, 0.2) is 36.9 Å². The van der Waals surface area contributed by atoms with E-state index in [1.807, 2.05) is 13.8 Å². The topological polar surface area (TPSA) is 119 Å². The van der Waals surface area contributed by atoms with E-state index < -0.39 is 29.3 Å². The molecule has 0 spiro atoms. The molecule has 1 aliphatic carbocycles. The van der Waals surface area contributed by atoms with Crippen LogP contribution in [-0.4, -0.2) is 48.1 Å². The summed E-state index contributed by atoms with van der Waals surface area (Å²) in [5.74, 6) is -0.649. The smallest absolute Gasteiger partial charge is 0.276 e. The Labute approximate surface area is 243 Å². The number of benzene rings is 1. The number of nitrogens with one attached hydrogen (secondary N) is 1. The lowest BCUT2D eigenvalue weighted by Crippen LogP contribution is -2.30. The van der Waals surface area contributed by atoms with Gasteiger partial charge in [-0.25, -0.2) is 33.1 Å². The number of anilines is 2. The Balaban J connectivity index is 1.17. The molecule has 10 nitrogen and oxygen atoms in total. The number of aromatic nitrogens is 6. The molecule has 42 heavy (non-hydrogen) atoms. The second-order valence-electron chi connectivity index (χ2n) is 10.4. The Hall–Kier alpha value is -4.39. The lowest BCUT2D eigenvalue weighted by Gasteiger charge is -2.19. The van der Waals surface area contributed by atoms with Crippen molar-refractivity contribution in [2.24, 2.45) is 11.8 Å². The van der Waals surface area contributed by atoms with Crippen molar-refractivity contribution in [1.29, 1.82) is 0 Å². The number of halogens is 4. The number of carbonyl (C=O) groups excluding carboxylic acids is 2. The van der Waals surface area contributed by atoms with E-state index in [0.717, 1.165) is 30.3 Å². The van der Waals surface area contributed by atoms with Gasteiger partial charge in [-0.2, -0.15) is 5.10 Å². The fraction of sp³-hybridized carbons (Fsp3) is 0.321. The Morgan fingerprint density at radius 2 is 1.88 bits per heavy atom. The molecule has 2 fully saturated rings. The summed E-state index contributed by atoms with van der Waals surface area (Å²) in [6.07, 6.45) is 3.80. The molecule has 1 unspecified atom stereocenters. The molecule has 0 radical (unpaired) electrons. The third-order valence-electron chi connectivity index (χ3n) is 7.66. The third kappa shape index (κ3) is 4.87. The van der Waals surface area contributed by atoms with Gasteiger partial charge in [0.25, 0.3) is 12.3 Å². The average Bonchev–Trinajstić information content (AvgIpc) is 3.45. The van der Waals surface area contributed by atoms with Gasteiger partial charge < -0.3 is 5.32 Å². The van der Waals surface area contributed by atoms with Crippen LogP contribution in [0.25, 0.3) is 11.3 Å². The maximum absolute atomic E-state index is 14.7. The number of fused-ring (bicyclic) bond motifs is 1. The lowest BCUT2D eigenvalue weighted by molar-refractivity contribution is -0.118. The van der Waals surface area contributed by atoms with Gasteiger partial charge >= 0.3 is 0 Å². The number of hydrogen-bond donors (Lipinski definition) is 1. The minimum atomic E-state index is -2.97. The van der Waals surface area contributed by atoms with E-state index in [-0.39, 0.29) is 40.0 Å². The summed E-state index contributed by atoms with van der Waals surface area (Å²) in [6, 6.07) is 1.79. The lowest BCUT2D eigenvalue weighted by atomic mass is 10.0. The highest BCUT2D eigenvalue weighted by molar-refractivity contribution is 6.31. The summed E-state index contributed by atoms with van der Waals surface area (Å²) >= 11 is 5.81. The summed E-state index contributed by atoms with van der Waals surface area (Å²) in [6.45, 7) is 5.86. The number of carbonyl (C=O) groups is 2. The van der Waals surface area contributed by atoms with Crippen LogP contribution in [0, 0.1) is 31.5 Å². The van der Waals surface area contributed by atoms with Gasteiger partial charge in [-0.1, -0.05) is 17.7 Å². The Morgan fingerprint density at radius 3 is 2.55 bits per heavy atom. The molecule has 1 saturated heterocycles. The molecule has 1 N–H and O–H groups in total. The highest BCUT2D eigenvalue weighted by Crippen LogP contribution is 2.46. The van der Waals surface area contributed by atoms with Gasteiger partial charge in [0.2, 0.25) is 11.9 Å². The molecule has 4 heterocycles. The van der Waals surface area contributed by atoms with Crippen molar-refractivity contribution >= 4 is 35.1 Å². The molecule has 1 aliphatic heterocycles. The van der Waals surface area contributed by atoms with Gasteiger partial charge in [-0.3, -0.25) is 19.2 Å². The van der Waals surface area contributed by atoms with Crippen LogP contribution in [0.3, 0.4) is 0 Å². The normalized spacial score (nSPS) is 18.4. The number of amides is 2. The summed E-state index contributed by atoms with van der Waals surface area (Å²) < 4.78 is 43.4. The van der Waals surface area contributed by atoms with Crippen molar-refractivity contribution in [3.63, 3.8) is 0 Å². The SMILES string of the molecule is Cc1nc(N2C[C@H]3C[C@H]3C2=O)ncc1C(C)n1cc(NC(=O)c2ncc(-c3c(C(F)F)ccc(Cl)c3F)nc2C)cn1. The maximum atomic E-state index is 14.7. The fourth-order valence-electron chi connectivity index (χ4n) is 5.24. The second-order valence-corrected chi connectivity index (χ2v) is 10.8. The summed E-state index contributed by atoms with van der Waals surface area (Å²) in [5, 5.41) is 6.71. The molecule has 1 saturated carbocycles. The molecule has 4 aromatic rings. The minimum absolute atomic E-state index is 0.0745. The van der Waals surface area contributed by atoms with Crippen LogP contribution in [-0.2, 0) is 4.79 Å². The van der Waals surface area contributed by atoms with Crippen molar-refractivity contribution in [2.75, 3.05) is 16.8 Å². The Kier molecular flexibility index (Phi) is 6.92. The zero-order valence-electron chi connectivity index (χ0n) is 22.6. The number of aryl methyl sites for hydroxylation is 2. The highest BCUT2D eigenvalue weighted by Gasteiger charge is 2.53. The zero-order valence-corrected chi connectivity index (χ0v) is 23.4. The predicted molar refractivity (Wildman–Crippen MR) is 147 cm³/mol. The average molecular weight is 597 g/mol. The van der Waals surface area contributed by atoms with E-state index in [9.17, 15) is 22.8 Å². The summed E-state index contributed by atoms with van der Waals surface area (Å²) in [7, 11) is 0. The number of piperidine rings is 1. The minimum Gasteiger partial charge on any atom is -0.318 e.